The Balaban J connectivity index is 1.98. The molecule has 1 N–H and O–H groups in total. The number of methoxy groups -OCH3 is 1. The van der Waals surface area contributed by atoms with Gasteiger partial charge in [0.2, 0.25) is 0 Å². The summed E-state index contributed by atoms with van der Waals surface area (Å²) < 4.78 is 30.7. The molecule has 1 aliphatic rings. The Bertz CT molecular complexity index is 722. The fourth-order valence-electron chi connectivity index (χ4n) is 3.00. The predicted molar refractivity (Wildman–Crippen MR) is 91.0 cm³/mol. The summed E-state index contributed by atoms with van der Waals surface area (Å²) in [5.41, 5.74) is 2.24. The van der Waals surface area contributed by atoms with Crippen molar-refractivity contribution in [1.29, 1.82) is 0 Å². The molecule has 2 aromatic rings. The lowest BCUT2D eigenvalue weighted by Crippen LogP contribution is -2.07. The Labute approximate surface area is 141 Å². The van der Waals surface area contributed by atoms with Gasteiger partial charge in [0.15, 0.2) is 17.3 Å². The minimum atomic E-state index is -0.721. The Morgan fingerprint density at radius 3 is 2.83 bits per heavy atom. The maximum Gasteiger partial charge on any atom is 0.454 e. The third-order valence-corrected chi connectivity index (χ3v) is 4.21. The third-order valence-electron chi connectivity index (χ3n) is 4.21. The van der Waals surface area contributed by atoms with Crippen LogP contribution in [0.4, 0.5) is 4.39 Å². The van der Waals surface area contributed by atoms with Crippen molar-refractivity contribution in [2.24, 2.45) is 0 Å². The predicted octanol–water partition coefficient (Wildman–Crippen LogP) is 3.49. The zero-order chi connectivity index (χ0) is 17.1. The lowest BCUT2D eigenvalue weighted by atomic mass is 9.79. The molecule has 126 valence electrons. The van der Waals surface area contributed by atoms with Crippen LogP contribution in [0.2, 0.25) is 6.32 Å². The van der Waals surface area contributed by atoms with Crippen molar-refractivity contribution in [3.63, 3.8) is 0 Å². The first-order chi connectivity index (χ1) is 11.6. The Hall–Kier alpha value is -2.05. The highest BCUT2D eigenvalue weighted by atomic mass is 19.1. The summed E-state index contributed by atoms with van der Waals surface area (Å²) in [4.78, 5) is 0. The normalized spacial score (nSPS) is 17.2. The second-order valence-electron chi connectivity index (χ2n) is 5.74. The van der Waals surface area contributed by atoms with E-state index in [1.54, 1.807) is 19.1 Å². The van der Waals surface area contributed by atoms with Gasteiger partial charge >= 0.3 is 7.12 Å². The van der Waals surface area contributed by atoms with Crippen LogP contribution in [0.5, 0.6) is 11.5 Å². The molecule has 0 spiro atoms. The summed E-state index contributed by atoms with van der Waals surface area (Å²) >= 11 is 0. The van der Waals surface area contributed by atoms with E-state index in [1.165, 1.54) is 7.11 Å². The molecule has 0 aromatic heterocycles. The molecule has 1 heterocycles. The number of hydrogen-bond acceptors (Lipinski definition) is 4. The maximum atomic E-state index is 14.9. The van der Waals surface area contributed by atoms with Gasteiger partial charge < -0.3 is 19.2 Å². The number of ether oxygens (including phenoxy) is 2. The molecule has 0 bridgehead atoms. The maximum absolute atomic E-state index is 14.9. The summed E-state index contributed by atoms with van der Waals surface area (Å²) in [6, 6.07) is 11.1. The second-order valence-corrected chi connectivity index (χ2v) is 5.74. The number of hydrogen-bond donors (Lipinski definition) is 1. The zero-order valence-electron chi connectivity index (χ0n) is 13.8. The van der Waals surface area contributed by atoms with Gasteiger partial charge in [-0.3, -0.25) is 0 Å². The summed E-state index contributed by atoms with van der Waals surface area (Å²) in [6.45, 7) is 2.63. The van der Waals surface area contributed by atoms with Crippen LogP contribution in [0.1, 0.15) is 18.4 Å². The van der Waals surface area contributed by atoms with E-state index >= 15 is 0 Å². The van der Waals surface area contributed by atoms with E-state index < -0.39 is 12.9 Å². The number of benzene rings is 2. The van der Waals surface area contributed by atoms with Gasteiger partial charge in [0.25, 0.3) is 0 Å². The molecule has 1 fully saturated rings. The molecule has 1 atom stereocenters. The molecule has 0 amide bonds. The molecule has 0 unspecified atom stereocenters. The van der Waals surface area contributed by atoms with Crippen LogP contribution < -0.4 is 9.47 Å². The largest absolute Gasteiger partial charge is 0.493 e. The average molecular weight is 330 g/mol. The summed E-state index contributed by atoms with van der Waals surface area (Å²) in [6.07, 6.45) is 0.554. The van der Waals surface area contributed by atoms with Gasteiger partial charge in [0, 0.05) is 18.1 Å². The molecule has 0 aliphatic carbocycles. The highest BCUT2D eigenvalue weighted by Gasteiger charge is 2.30. The molecule has 6 heteroatoms. The van der Waals surface area contributed by atoms with Crippen LogP contribution >= 0.6 is 0 Å². The van der Waals surface area contributed by atoms with Crippen molar-refractivity contribution >= 4 is 7.12 Å². The van der Waals surface area contributed by atoms with Crippen molar-refractivity contribution in [3.05, 3.63) is 47.8 Å². The third kappa shape index (κ3) is 3.25. The van der Waals surface area contributed by atoms with Gasteiger partial charge in [-0.25, -0.2) is 4.39 Å². The van der Waals surface area contributed by atoms with E-state index in [0.717, 1.165) is 11.1 Å². The van der Waals surface area contributed by atoms with E-state index in [-0.39, 0.29) is 11.7 Å². The first kappa shape index (κ1) is 16.8. The van der Waals surface area contributed by atoms with E-state index in [2.05, 4.69) is 0 Å². The molecule has 0 saturated carbocycles. The van der Waals surface area contributed by atoms with Crippen molar-refractivity contribution in [1.82, 2.24) is 0 Å². The molecule has 2 aromatic carbocycles. The van der Waals surface area contributed by atoms with Crippen LogP contribution in [0.25, 0.3) is 11.1 Å². The molecule has 1 saturated heterocycles. The lowest BCUT2D eigenvalue weighted by molar-refractivity contribution is 0.292. The van der Waals surface area contributed by atoms with Gasteiger partial charge in [-0.05, 0) is 36.5 Å². The van der Waals surface area contributed by atoms with Crippen molar-refractivity contribution in [3.8, 4) is 22.6 Å². The first-order valence-electron chi connectivity index (χ1n) is 8.03. The second kappa shape index (κ2) is 7.24. The van der Waals surface area contributed by atoms with Crippen LogP contribution in [0.15, 0.2) is 36.4 Å². The molecular weight excluding hydrogens is 310 g/mol. The minimum Gasteiger partial charge on any atom is -0.493 e. The van der Waals surface area contributed by atoms with Crippen LogP contribution in [0.3, 0.4) is 0 Å². The van der Waals surface area contributed by atoms with E-state index in [9.17, 15) is 9.41 Å². The van der Waals surface area contributed by atoms with E-state index in [4.69, 9.17) is 14.1 Å². The van der Waals surface area contributed by atoms with E-state index in [1.807, 2.05) is 24.3 Å². The van der Waals surface area contributed by atoms with Crippen LogP contribution in [-0.2, 0) is 4.65 Å². The summed E-state index contributed by atoms with van der Waals surface area (Å²) in [5.74, 6) is 0.188. The summed E-state index contributed by atoms with van der Waals surface area (Å²) in [5, 5.41) is 9.53. The van der Waals surface area contributed by atoms with Crippen molar-refractivity contribution in [2.75, 3.05) is 20.3 Å². The number of rotatable bonds is 5. The standard InChI is InChI=1S/C18H20BFO4/c1-3-23-18-16(22-2)8-7-15(17(18)20)13-6-4-5-12(9-13)14-10-19(21)24-11-14/h4-9,14,21H,3,10-11H2,1-2H3/t14-/m1/s1. The SMILES string of the molecule is CCOc1c(OC)ccc(-c2cccc([C@H]3COB(O)C3)c2)c1F. The van der Waals surface area contributed by atoms with Crippen LogP contribution in [-0.4, -0.2) is 32.5 Å². The molecule has 3 rings (SSSR count). The van der Waals surface area contributed by atoms with Gasteiger partial charge in [-0.15, -0.1) is 0 Å². The van der Waals surface area contributed by atoms with Crippen LogP contribution in [0, 0.1) is 5.82 Å². The highest BCUT2D eigenvalue weighted by Crippen LogP contribution is 2.38. The Kier molecular flexibility index (Phi) is 5.07. The number of halogens is 1. The fraction of sp³-hybridized carbons (Fsp3) is 0.333. The van der Waals surface area contributed by atoms with Gasteiger partial charge in [-0.1, -0.05) is 24.3 Å². The van der Waals surface area contributed by atoms with Gasteiger partial charge in [0.05, 0.1) is 13.7 Å². The quantitative estimate of drug-likeness (QED) is 0.853. The summed E-state index contributed by atoms with van der Waals surface area (Å²) in [7, 11) is 0.768. The van der Waals surface area contributed by atoms with Gasteiger partial charge in [0.1, 0.15) is 0 Å². The van der Waals surface area contributed by atoms with Crippen molar-refractivity contribution < 1.29 is 23.5 Å². The molecule has 24 heavy (non-hydrogen) atoms. The molecular formula is C18H20BFO4. The zero-order valence-corrected chi connectivity index (χ0v) is 13.8. The first-order valence-corrected chi connectivity index (χ1v) is 8.03. The molecule has 4 nitrogen and oxygen atoms in total. The van der Waals surface area contributed by atoms with E-state index in [0.29, 0.717) is 30.8 Å². The molecule has 0 radical (unpaired) electrons. The topological polar surface area (TPSA) is 47.9 Å². The lowest BCUT2D eigenvalue weighted by Gasteiger charge is -2.15. The fourth-order valence-corrected chi connectivity index (χ4v) is 3.00. The Morgan fingerprint density at radius 2 is 2.17 bits per heavy atom. The van der Waals surface area contributed by atoms with Crippen molar-refractivity contribution in [2.45, 2.75) is 19.2 Å². The smallest absolute Gasteiger partial charge is 0.454 e. The van der Waals surface area contributed by atoms with Gasteiger partial charge in [-0.2, -0.15) is 0 Å². The Morgan fingerprint density at radius 1 is 1.33 bits per heavy atom. The monoisotopic (exact) mass is 330 g/mol. The molecule has 1 aliphatic heterocycles. The minimum absolute atomic E-state index is 0.118. The average Bonchev–Trinajstić information content (AvgIpc) is 3.03. The highest BCUT2D eigenvalue weighted by molar-refractivity contribution is 6.43.